The van der Waals surface area contributed by atoms with Crippen molar-refractivity contribution < 1.29 is 4.74 Å². The number of hydrogen-bond acceptors (Lipinski definition) is 2. The molecule has 0 saturated carbocycles. The fourth-order valence-electron chi connectivity index (χ4n) is 2.59. The van der Waals surface area contributed by atoms with Gasteiger partial charge in [0.2, 0.25) is 5.88 Å². The first kappa shape index (κ1) is 13.2. The Kier molecular flexibility index (Phi) is 3.25. The molecule has 0 amide bonds. The molecule has 1 aromatic carbocycles. The highest BCUT2D eigenvalue weighted by molar-refractivity contribution is 5.74. The molecule has 3 rings (SSSR count). The van der Waals surface area contributed by atoms with Gasteiger partial charge in [0.1, 0.15) is 6.61 Å². The number of ether oxygens (including phenoxy) is 1. The lowest BCUT2D eigenvalue weighted by Gasteiger charge is -2.22. The van der Waals surface area contributed by atoms with Gasteiger partial charge < -0.3 is 4.74 Å². The van der Waals surface area contributed by atoms with E-state index in [0.717, 1.165) is 17.1 Å². The second kappa shape index (κ2) is 4.93. The van der Waals surface area contributed by atoms with Crippen LogP contribution in [0, 0.1) is 0 Å². The molecule has 1 aromatic heterocycles. The van der Waals surface area contributed by atoms with Gasteiger partial charge in [-0.05, 0) is 40.7 Å². The van der Waals surface area contributed by atoms with Gasteiger partial charge in [-0.15, -0.1) is 0 Å². The van der Waals surface area contributed by atoms with E-state index in [4.69, 9.17) is 4.74 Å². The first-order valence-corrected chi connectivity index (χ1v) is 7.33. The molecule has 0 atom stereocenters. The average Bonchev–Trinajstić information content (AvgIpc) is 2.45. The van der Waals surface area contributed by atoms with E-state index >= 15 is 0 Å². The summed E-state index contributed by atoms with van der Waals surface area (Å²) in [6, 6.07) is 10.9. The van der Waals surface area contributed by atoms with Crippen LogP contribution in [0.2, 0.25) is 0 Å². The summed E-state index contributed by atoms with van der Waals surface area (Å²) in [6.45, 7) is 9.37. The fourth-order valence-corrected chi connectivity index (χ4v) is 2.59. The minimum atomic E-state index is 0.425. The second-order valence-electron chi connectivity index (χ2n) is 6.10. The van der Waals surface area contributed by atoms with E-state index in [1.807, 2.05) is 0 Å². The maximum absolute atomic E-state index is 5.86. The monoisotopic (exact) mass is 267 g/mol. The first-order chi connectivity index (χ1) is 9.56. The SMILES string of the molecule is CC(C)c1ccc2c(c1)COc1nc(C(C)C)ccc1-2. The Bertz CT molecular complexity index is 586. The van der Waals surface area contributed by atoms with E-state index in [1.165, 1.54) is 16.7 Å². The Hall–Kier alpha value is -1.83. The standard InChI is InChI=1S/C18H21NO/c1-11(2)13-5-6-15-14(9-13)10-20-18-16(15)7-8-17(19-18)12(3)4/h5-9,11-12H,10H2,1-4H3. The van der Waals surface area contributed by atoms with Crippen molar-refractivity contribution in [3.8, 4) is 17.0 Å². The summed E-state index contributed by atoms with van der Waals surface area (Å²) in [5.41, 5.74) is 6.10. The van der Waals surface area contributed by atoms with Gasteiger partial charge in [0.25, 0.3) is 0 Å². The van der Waals surface area contributed by atoms with Gasteiger partial charge in [-0.1, -0.05) is 45.9 Å². The number of fused-ring (bicyclic) bond motifs is 3. The lowest BCUT2D eigenvalue weighted by molar-refractivity contribution is 0.288. The summed E-state index contributed by atoms with van der Waals surface area (Å²) in [6.07, 6.45) is 0. The molecule has 0 spiro atoms. The van der Waals surface area contributed by atoms with E-state index in [-0.39, 0.29) is 0 Å². The van der Waals surface area contributed by atoms with Crippen LogP contribution in [-0.4, -0.2) is 4.98 Å². The average molecular weight is 267 g/mol. The number of rotatable bonds is 2. The minimum Gasteiger partial charge on any atom is -0.472 e. The second-order valence-corrected chi connectivity index (χ2v) is 6.10. The Morgan fingerprint density at radius 2 is 1.70 bits per heavy atom. The van der Waals surface area contributed by atoms with Gasteiger partial charge in [0.05, 0.1) is 0 Å². The maximum Gasteiger partial charge on any atom is 0.221 e. The molecular formula is C18H21NO. The van der Waals surface area contributed by atoms with Crippen LogP contribution in [0.5, 0.6) is 5.88 Å². The summed E-state index contributed by atoms with van der Waals surface area (Å²) in [4.78, 5) is 4.65. The van der Waals surface area contributed by atoms with E-state index < -0.39 is 0 Å². The molecule has 1 aliphatic rings. The summed E-state index contributed by atoms with van der Waals surface area (Å²) < 4.78 is 5.86. The molecule has 104 valence electrons. The van der Waals surface area contributed by atoms with Gasteiger partial charge in [-0.2, -0.15) is 0 Å². The first-order valence-electron chi connectivity index (χ1n) is 7.33. The normalized spacial score (nSPS) is 13.1. The van der Waals surface area contributed by atoms with Gasteiger partial charge in [-0.25, -0.2) is 4.98 Å². The lowest BCUT2D eigenvalue weighted by atomic mass is 9.93. The van der Waals surface area contributed by atoms with Crippen LogP contribution in [-0.2, 0) is 6.61 Å². The van der Waals surface area contributed by atoms with Crippen molar-refractivity contribution in [3.63, 3.8) is 0 Å². The molecule has 0 N–H and O–H groups in total. The summed E-state index contributed by atoms with van der Waals surface area (Å²) in [5, 5.41) is 0. The number of benzene rings is 1. The van der Waals surface area contributed by atoms with Gasteiger partial charge >= 0.3 is 0 Å². The number of aromatic nitrogens is 1. The Morgan fingerprint density at radius 1 is 0.950 bits per heavy atom. The Labute approximate surface area is 120 Å². The molecular weight excluding hydrogens is 246 g/mol. The highest BCUT2D eigenvalue weighted by Crippen LogP contribution is 2.38. The fraction of sp³-hybridized carbons (Fsp3) is 0.389. The van der Waals surface area contributed by atoms with E-state index in [9.17, 15) is 0 Å². The molecule has 2 heteroatoms. The molecule has 0 radical (unpaired) electrons. The van der Waals surface area contributed by atoms with E-state index in [1.54, 1.807) is 0 Å². The van der Waals surface area contributed by atoms with Crippen molar-refractivity contribution >= 4 is 0 Å². The zero-order valence-electron chi connectivity index (χ0n) is 12.6. The zero-order valence-corrected chi connectivity index (χ0v) is 12.6. The smallest absolute Gasteiger partial charge is 0.221 e. The van der Waals surface area contributed by atoms with Crippen molar-refractivity contribution in [3.05, 3.63) is 47.2 Å². The summed E-state index contributed by atoms with van der Waals surface area (Å²) in [5.74, 6) is 1.75. The Balaban J connectivity index is 2.07. The molecule has 0 fully saturated rings. The van der Waals surface area contributed by atoms with Crippen molar-refractivity contribution in [2.75, 3.05) is 0 Å². The highest BCUT2D eigenvalue weighted by atomic mass is 16.5. The molecule has 1 aliphatic heterocycles. The third-order valence-corrected chi connectivity index (χ3v) is 3.92. The number of hydrogen-bond donors (Lipinski definition) is 0. The van der Waals surface area contributed by atoms with Crippen LogP contribution in [0.4, 0.5) is 0 Å². The number of nitrogens with zero attached hydrogens (tertiary/aromatic N) is 1. The van der Waals surface area contributed by atoms with Crippen molar-refractivity contribution in [2.45, 2.75) is 46.1 Å². The predicted octanol–water partition coefficient (Wildman–Crippen LogP) is 4.89. The molecule has 20 heavy (non-hydrogen) atoms. The third kappa shape index (κ3) is 2.20. The van der Waals surface area contributed by atoms with Crippen LogP contribution in [0.15, 0.2) is 30.3 Å². The topological polar surface area (TPSA) is 22.1 Å². The van der Waals surface area contributed by atoms with Crippen molar-refractivity contribution in [1.29, 1.82) is 0 Å². The zero-order chi connectivity index (χ0) is 14.3. The molecule has 0 saturated heterocycles. The van der Waals surface area contributed by atoms with Crippen molar-refractivity contribution in [2.24, 2.45) is 0 Å². The van der Waals surface area contributed by atoms with E-state index in [0.29, 0.717) is 18.4 Å². The highest BCUT2D eigenvalue weighted by Gasteiger charge is 2.20. The predicted molar refractivity (Wildman–Crippen MR) is 82.2 cm³/mol. The Morgan fingerprint density at radius 3 is 2.40 bits per heavy atom. The van der Waals surface area contributed by atoms with Crippen LogP contribution < -0.4 is 4.74 Å². The molecule has 0 bridgehead atoms. The number of pyridine rings is 1. The van der Waals surface area contributed by atoms with Gasteiger partial charge in [0, 0.05) is 11.3 Å². The summed E-state index contributed by atoms with van der Waals surface area (Å²) >= 11 is 0. The van der Waals surface area contributed by atoms with Crippen LogP contribution in [0.1, 0.15) is 56.4 Å². The molecule has 2 aromatic rings. The quantitative estimate of drug-likeness (QED) is 0.773. The van der Waals surface area contributed by atoms with Crippen molar-refractivity contribution in [1.82, 2.24) is 4.98 Å². The molecule has 2 heterocycles. The van der Waals surface area contributed by atoms with Gasteiger partial charge in [0.15, 0.2) is 0 Å². The molecule has 2 nitrogen and oxygen atoms in total. The molecule has 0 aliphatic carbocycles. The third-order valence-electron chi connectivity index (χ3n) is 3.92. The van der Waals surface area contributed by atoms with E-state index in [2.05, 4.69) is 63.0 Å². The lowest BCUT2D eigenvalue weighted by Crippen LogP contribution is -2.09. The van der Waals surface area contributed by atoms with Crippen LogP contribution in [0.25, 0.3) is 11.1 Å². The molecule has 0 unspecified atom stereocenters. The van der Waals surface area contributed by atoms with Crippen LogP contribution in [0.3, 0.4) is 0 Å². The minimum absolute atomic E-state index is 0.425. The maximum atomic E-state index is 5.86. The largest absolute Gasteiger partial charge is 0.472 e. The van der Waals surface area contributed by atoms with Crippen LogP contribution >= 0.6 is 0 Å². The van der Waals surface area contributed by atoms with Gasteiger partial charge in [-0.3, -0.25) is 0 Å². The summed E-state index contributed by atoms with van der Waals surface area (Å²) in [7, 11) is 0.